The van der Waals surface area contributed by atoms with E-state index in [9.17, 15) is 14.7 Å². The molecule has 6 heteroatoms. The molecule has 0 spiro atoms. The Hall–Kier alpha value is -1.82. The largest absolute Gasteiger partial charge is 0.506 e. The van der Waals surface area contributed by atoms with E-state index >= 15 is 0 Å². The molecular weight excluding hydrogens is 272 g/mol. The van der Waals surface area contributed by atoms with Crippen LogP contribution in [0.5, 0.6) is 5.75 Å². The number of hydrogen-bond acceptors (Lipinski definition) is 4. The lowest BCUT2D eigenvalue weighted by molar-refractivity contribution is -0.109. The van der Waals surface area contributed by atoms with Crippen LogP contribution in [0.15, 0.2) is 17.1 Å². The number of aromatic hydroxyl groups is 1. The van der Waals surface area contributed by atoms with E-state index in [4.69, 9.17) is 4.74 Å². The lowest BCUT2D eigenvalue weighted by Crippen LogP contribution is -2.24. The Morgan fingerprint density at radius 2 is 2.14 bits per heavy atom. The average Bonchev–Trinajstić information content (AvgIpc) is 2.39. The minimum atomic E-state index is -0.239. The molecule has 3 N–H and O–H groups in total. The third kappa shape index (κ3) is 6.44. The van der Waals surface area contributed by atoms with Gasteiger partial charge in [0.05, 0.1) is 5.60 Å². The zero-order valence-electron chi connectivity index (χ0n) is 12.8. The maximum atomic E-state index is 11.9. The molecule has 1 heterocycles. The van der Waals surface area contributed by atoms with Gasteiger partial charge in [0.2, 0.25) is 6.41 Å². The molecule has 1 rings (SSSR count). The number of pyridine rings is 1. The summed E-state index contributed by atoms with van der Waals surface area (Å²) < 4.78 is 5.69. The van der Waals surface area contributed by atoms with Gasteiger partial charge in [-0.25, -0.2) is 0 Å². The van der Waals surface area contributed by atoms with Crippen molar-refractivity contribution < 1.29 is 14.6 Å². The molecular formula is C15H24N2O4. The van der Waals surface area contributed by atoms with Crippen molar-refractivity contribution in [2.24, 2.45) is 0 Å². The van der Waals surface area contributed by atoms with Crippen LogP contribution >= 0.6 is 0 Å². The maximum Gasteiger partial charge on any atom is 0.251 e. The normalized spacial score (nSPS) is 12.9. The van der Waals surface area contributed by atoms with Gasteiger partial charge >= 0.3 is 0 Å². The molecule has 1 aromatic rings. The van der Waals surface area contributed by atoms with E-state index in [2.05, 4.69) is 10.3 Å². The quantitative estimate of drug-likeness (QED) is 0.501. The highest BCUT2D eigenvalue weighted by atomic mass is 16.5. The molecule has 6 nitrogen and oxygen atoms in total. The maximum absolute atomic E-state index is 11.9. The number of H-pyrrole nitrogens is 1. The standard InChI is InChI=1S/C15H24N2O4/c1-15(2,3)21-7-5-11(4-6-16-10-18)13-8-12(19)9-17-14(13)20/h8-11,19H,4-7H2,1-3H3,(H,16,18)(H,17,20). The number of aromatic nitrogens is 1. The van der Waals surface area contributed by atoms with Crippen LogP contribution in [0.1, 0.15) is 45.1 Å². The molecule has 0 saturated carbocycles. The highest BCUT2D eigenvalue weighted by Crippen LogP contribution is 2.23. The van der Waals surface area contributed by atoms with Crippen molar-refractivity contribution in [3.05, 3.63) is 28.2 Å². The molecule has 1 atom stereocenters. The van der Waals surface area contributed by atoms with Crippen LogP contribution in [0.25, 0.3) is 0 Å². The van der Waals surface area contributed by atoms with E-state index in [-0.39, 0.29) is 22.8 Å². The fraction of sp³-hybridized carbons (Fsp3) is 0.600. The minimum Gasteiger partial charge on any atom is -0.506 e. The van der Waals surface area contributed by atoms with E-state index in [0.29, 0.717) is 38.0 Å². The molecule has 0 aromatic carbocycles. The van der Waals surface area contributed by atoms with Crippen molar-refractivity contribution in [2.75, 3.05) is 13.2 Å². The molecule has 0 fully saturated rings. The topological polar surface area (TPSA) is 91.4 Å². The van der Waals surface area contributed by atoms with Gasteiger partial charge in [0.1, 0.15) is 5.75 Å². The summed E-state index contributed by atoms with van der Waals surface area (Å²) >= 11 is 0. The van der Waals surface area contributed by atoms with E-state index < -0.39 is 0 Å². The number of carbonyl (C=O) groups is 1. The third-order valence-corrected chi connectivity index (χ3v) is 3.08. The Morgan fingerprint density at radius 1 is 1.43 bits per heavy atom. The van der Waals surface area contributed by atoms with Gasteiger partial charge in [0, 0.05) is 24.9 Å². The van der Waals surface area contributed by atoms with Gasteiger partial charge in [-0.3, -0.25) is 9.59 Å². The van der Waals surface area contributed by atoms with Gasteiger partial charge in [-0.05, 0) is 45.6 Å². The van der Waals surface area contributed by atoms with Crippen LogP contribution < -0.4 is 10.9 Å². The monoisotopic (exact) mass is 296 g/mol. The Bertz CT molecular complexity index is 505. The fourth-order valence-electron chi connectivity index (χ4n) is 2.07. The van der Waals surface area contributed by atoms with Gasteiger partial charge in [-0.1, -0.05) is 0 Å². The summed E-state index contributed by atoms with van der Waals surface area (Å²) in [6.07, 6.45) is 3.15. The Balaban J connectivity index is 2.78. The van der Waals surface area contributed by atoms with Crippen molar-refractivity contribution >= 4 is 6.41 Å². The van der Waals surface area contributed by atoms with Gasteiger partial charge in [0.25, 0.3) is 5.56 Å². The van der Waals surface area contributed by atoms with Crippen molar-refractivity contribution in [1.29, 1.82) is 0 Å². The Kier molecular flexibility index (Phi) is 6.42. The summed E-state index contributed by atoms with van der Waals surface area (Å²) in [6.45, 7) is 6.88. The lowest BCUT2D eigenvalue weighted by Gasteiger charge is -2.22. The number of amides is 1. The molecule has 1 amide bonds. The molecule has 1 aromatic heterocycles. The number of carbonyl (C=O) groups excluding carboxylic acids is 1. The Labute approximate surface area is 124 Å². The van der Waals surface area contributed by atoms with Crippen LogP contribution in [0.4, 0.5) is 0 Å². The van der Waals surface area contributed by atoms with Crippen molar-refractivity contribution in [1.82, 2.24) is 10.3 Å². The van der Waals surface area contributed by atoms with Gasteiger partial charge in [-0.2, -0.15) is 0 Å². The molecule has 0 aliphatic heterocycles. The SMILES string of the molecule is CC(C)(C)OCCC(CCNC=O)c1cc(O)c[nH]c1=O. The first-order chi connectivity index (χ1) is 9.83. The predicted octanol–water partition coefficient (Wildman–Crippen LogP) is 1.51. The smallest absolute Gasteiger partial charge is 0.251 e. The fourth-order valence-corrected chi connectivity index (χ4v) is 2.07. The van der Waals surface area contributed by atoms with E-state index in [1.165, 1.54) is 12.3 Å². The summed E-state index contributed by atoms with van der Waals surface area (Å²) in [6, 6.07) is 1.47. The summed E-state index contributed by atoms with van der Waals surface area (Å²) in [5.74, 6) is -0.0645. The third-order valence-electron chi connectivity index (χ3n) is 3.08. The summed E-state index contributed by atoms with van der Waals surface area (Å²) in [4.78, 5) is 24.8. The highest BCUT2D eigenvalue weighted by Gasteiger charge is 2.18. The highest BCUT2D eigenvalue weighted by molar-refractivity contribution is 5.45. The van der Waals surface area contributed by atoms with E-state index in [1.807, 2.05) is 20.8 Å². The first-order valence-corrected chi connectivity index (χ1v) is 7.06. The molecule has 0 radical (unpaired) electrons. The second-order valence-electron chi connectivity index (χ2n) is 5.95. The van der Waals surface area contributed by atoms with Crippen molar-refractivity contribution in [3.8, 4) is 5.75 Å². The second-order valence-corrected chi connectivity index (χ2v) is 5.95. The molecule has 0 saturated heterocycles. The second kappa shape index (κ2) is 7.83. The van der Waals surface area contributed by atoms with Crippen LogP contribution in [0, 0.1) is 0 Å². The number of nitrogens with one attached hydrogen (secondary N) is 2. The molecule has 0 bridgehead atoms. The summed E-state index contributed by atoms with van der Waals surface area (Å²) in [7, 11) is 0. The minimum absolute atomic E-state index is 0.0229. The van der Waals surface area contributed by atoms with Gasteiger partial charge < -0.3 is 20.1 Å². The molecule has 0 aliphatic rings. The van der Waals surface area contributed by atoms with Crippen LogP contribution in [-0.2, 0) is 9.53 Å². The zero-order chi connectivity index (χ0) is 15.9. The molecule has 118 valence electrons. The van der Waals surface area contributed by atoms with Crippen LogP contribution in [0.3, 0.4) is 0 Å². The Morgan fingerprint density at radius 3 is 2.76 bits per heavy atom. The first kappa shape index (κ1) is 17.2. The molecule has 1 unspecified atom stereocenters. The molecule has 21 heavy (non-hydrogen) atoms. The number of rotatable bonds is 8. The van der Waals surface area contributed by atoms with Crippen molar-refractivity contribution in [3.63, 3.8) is 0 Å². The first-order valence-electron chi connectivity index (χ1n) is 7.06. The average molecular weight is 296 g/mol. The predicted molar refractivity (Wildman–Crippen MR) is 80.5 cm³/mol. The van der Waals surface area contributed by atoms with Crippen LogP contribution in [0.2, 0.25) is 0 Å². The molecule has 0 aliphatic carbocycles. The zero-order valence-corrected chi connectivity index (χ0v) is 12.8. The van der Waals surface area contributed by atoms with E-state index in [1.54, 1.807) is 0 Å². The number of aromatic amines is 1. The summed E-state index contributed by atoms with van der Waals surface area (Å²) in [5, 5.41) is 12.1. The lowest BCUT2D eigenvalue weighted by atomic mass is 9.93. The van der Waals surface area contributed by atoms with Gasteiger partial charge in [-0.15, -0.1) is 0 Å². The van der Waals surface area contributed by atoms with Gasteiger partial charge in [0.15, 0.2) is 0 Å². The summed E-state index contributed by atoms with van der Waals surface area (Å²) in [5.41, 5.74) is 0.0523. The van der Waals surface area contributed by atoms with E-state index in [0.717, 1.165) is 0 Å². The number of ether oxygens (including phenoxy) is 1. The van der Waals surface area contributed by atoms with Crippen LogP contribution in [-0.4, -0.2) is 35.3 Å². The van der Waals surface area contributed by atoms with Crippen molar-refractivity contribution in [2.45, 2.75) is 45.1 Å². The number of hydrogen-bond donors (Lipinski definition) is 3.